The summed E-state index contributed by atoms with van der Waals surface area (Å²) in [6.45, 7) is 3.81. The summed E-state index contributed by atoms with van der Waals surface area (Å²) in [7, 11) is 0. The molecule has 0 fully saturated rings. The largest absolute Gasteiger partial charge is 0.496 e. The van der Waals surface area contributed by atoms with Gasteiger partial charge in [0.1, 0.15) is 5.76 Å². The van der Waals surface area contributed by atoms with Crippen LogP contribution in [0.5, 0.6) is 0 Å². The van der Waals surface area contributed by atoms with Gasteiger partial charge in [-0.3, -0.25) is 0 Å². The number of ether oxygens (including phenoxy) is 1. The second-order valence-corrected chi connectivity index (χ2v) is 5.67. The van der Waals surface area contributed by atoms with Crippen LogP contribution in [-0.2, 0) is 4.74 Å². The zero-order valence-electron chi connectivity index (χ0n) is 9.67. The number of nitrogens with one attached hydrogen (secondary N) is 1. The molecular formula is C13H15Br2NO. The van der Waals surface area contributed by atoms with Crippen LogP contribution in [0.4, 0.5) is 0 Å². The average molecular weight is 361 g/mol. The maximum atomic E-state index is 5.68. The predicted octanol–water partition coefficient (Wildman–Crippen LogP) is 4.17. The van der Waals surface area contributed by atoms with Crippen molar-refractivity contribution in [2.75, 3.05) is 13.2 Å². The van der Waals surface area contributed by atoms with Gasteiger partial charge < -0.3 is 10.1 Å². The molecule has 0 bridgehead atoms. The molecule has 0 amide bonds. The highest BCUT2D eigenvalue weighted by molar-refractivity contribution is 9.11. The molecule has 0 spiro atoms. The highest BCUT2D eigenvalue weighted by Gasteiger charge is 2.22. The molecule has 92 valence electrons. The van der Waals surface area contributed by atoms with E-state index in [0.29, 0.717) is 0 Å². The van der Waals surface area contributed by atoms with E-state index >= 15 is 0 Å². The lowest BCUT2D eigenvalue weighted by Gasteiger charge is -2.21. The molecule has 0 saturated heterocycles. The van der Waals surface area contributed by atoms with Crippen LogP contribution in [0.2, 0.25) is 0 Å². The fourth-order valence-corrected chi connectivity index (χ4v) is 2.80. The summed E-state index contributed by atoms with van der Waals surface area (Å²) < 4.78 is 7.86. The number of benzene rings is 1. The molecule has 2 nitrogen and oxygen atoms in total. The molecule has 2 rings (SSSR count). The van der Waals surface area contributed by atoms with E-state index in [2.05, 4.69) is 62.3 Å². The van der Waals surface area contributed by atoms with Crippen LogP contribution in [0, 0.1) is 0 Å². The lowest BCUT2D eigenvalue weighted by atomic mass is 10.0. The van der Waals surface area contributed by atoms with Gasteiger partial charge in [0.15, 0.2) is 0 Å². The van der Waals surface area contributed by atoms with Crippen LogP contribution < -0.4 is 5.32 Å². The van der Waals surface area contributed by atoms with Crippen molar-refractivity contribution in [2.45, 2.75) is 19.4 Å². The maximum absolute atomic E-state index is 5.68. The standard InChI is InChI=1S/C13H15Br2NO/c1-2-16-13(12-4-3-7-17-12)10-8-9(14)5-6-11(10)15/h4-6,8,13,16H,2-3,7H2,1H3. The first-order chi connectivity index (χ1) is 8.22. The third kappa shape index (κ3) is 3.12. The van der Waals surface area contributed by atoms with Crippen molar-refractivity contribution in [3.05, 3.63) is 44.5 Å². The quantitative estimate of drug-likeness (QED) is 0.870. The van der Waals surface area contributed by atoms with Crippen molar-refractivity contribution in [3.8, 4) is 0 Å². The normalized spacial score (nSPS) is 16.5. The summed E-state index contributed by atoms with van der Waals surface area (Å²) in [6.07, 6.45) is 3.17. The van der Waals surface area contributed by atoms with Crippen LogP contribution in [0.15, 0.2) is 39.0 Å². The topological polar surface area (TPSA) is 21.3 Å². The van der Waals surface area contributed by atoms with Gasteiger partial charge in [-0.1, -0.05) is 38.8 Å². The van der Waals surface area contributed by atoms with Crippen LogP contribution in [0.1, 0.15) is 24.9 Å². The van der Waals surface area contributed by atoms with Gasteiger partial charge in [-0.25, -0.2) is 0 Å². The Hall–Kier alpha value is -0.320. The minimum absolute atomic E-state index is 0.134. The van der Waals surface area contributed by atoms with E-state index in [-0.39, 0.29) is 6.04 Å². The highest BCUT2D eigenvalue weighted by Crippen LogP contribution is 2.33. The fraction of sp³-hybridized carbons (Fsp3) is 0.385. The molecule has 0 saturated carbocycles. The Balaban J connectivity index is 2.34. The average Bonchev–Trinajstić information content (AvgIpc) is 2.83. The first-order valence-corrected chi connectivity index (χ1v) is 7.32. The zero-order chi connectivity index (χ0) is 12.3. The number of rotatable bonds is 4. The van der Waals surface area contributed by atoms with Gasteiger partial charge >= 0.3 is 0 Å². The molecule has 0 radical (unpaired) electrons. The van der Waals surface area contributed by atoms with Gasteiger partial charge in [0.05, 0.1) is 12.6 Å². The number of likely N-dealkylation sites (N-methyl/N-ethyl adjacent to an activating group) is 1. The van der Waals surface area contributed by atoms with E-state index in [1.54, 1.807) is 0 Å². The molecule has 1 unspecified atom stereocenters. The number of hydrogen-bond donors (Lipinski definition) is 1. The fourth-order valence-electron chi connectivity index (χ4n) is 1.94. The van der Waals surface area contributed by atoms with Gasteiger partial charge in [-0.2, -0.15) is 0 Å². The van der Waals surface area contributed by atoms with Gasteiger partial charge in [-0.05, 0) is 36.4 Å². The Labute approximate surface area is 119 Å². The van der Waals surface area contributed by atoms with Crippen molar-refractivity contribution in [1.82, 2.24) is 5.32 Å². The van der Waals surface area contributed by atoms with Gasteiger partial charge in [0.2, 0.25) is 0 Å². The third-order valence-electron chi connectivity index (χ3n) is 2.69. The molecule has 0 aromatic heterocycles. The third-order valence-corrected chi connectivity index (χ3v) is 3.91. The second-order valence-electron chi connectivity index (χ2n) is 3.90. The summed E-state index contributed by atoms with van der Waals surface area (Å²) in [5.74, 6) is 1.03. The van der Waals surface area contributed by atoms with E-state index in [4.69, 9.17) is 4.74 Å². The van der Waals surface area contributed by atoms with Crippen LogP contribution >= 0.6 is 31.9 Å². The molecule has 1 heterocycles. The Kier molecular flexibility index (Phi) is 4.65. The molecule has 1 N–H and O–H groups in total. The molecular weight excluding hydrogens is 346 g/mol. The van der Waals surface area contributed by atoms with Crippen LogP contribution in [-0.4, -0.2) is 13.2 Å². The van der Waals surface area contributed by atoms with Crippen LogP contribution in [0.3, 0.4) is 0 Å². The molecule has 1 aliphatic rings. The van der Waals surface area contributed by atoms with Crippen molar-refractivity contribution >= 4 is 31.9 Å². The van der Waals surface area contributed by atoms with E-state index in [9.17, 15) is 0 Å². The van der Waals surface area contributed by atoms with Crippen molar-refractivity contribution in [1.29, 1.82) is 0 Å². The van der Waals surface area contributed by atoms with Crippen molar-refractivity contribution in [2.24, 2.45) is 0 Å². The van der Waals surface area contributed by atoms with E-state index in [0.717, 1.165) is 34.3 Å². The lowest BCUT2D eigenvalue weighted by molar-refractivity contribution is 0.216. The zero-order valence-corrected chi connectivity index (χ0v) is 12.8. The SMILES string of the molecule is CCNC(C1=CCCO1)c1cc(Br)ccc1Br. The molecule has 1 aromatic rings. The van der Waals surface area contributed by atoms with E-state index in [1.165, 1.54) is 5.56 Å². The summed E-state index contributed by atoms with van der Waals surface area (Å²) in [5.41, 5.74) is 1.20. The van der Waals surface area contributed by atoms with Crippen molar-refractivity contribution < 1.29 is 4.74 Å². The summed E-state index contributed by atoms with van der Waals surface area (Å²) in [6, 6.07) is 6.34. The Bertz CT molecular complexity index is 431. The highest BCUT2D eigenvalue weighted by atomic mass is 79.9. The Morgan fingerprint density at radius 3 is 2.88 bits per heavy atom. The number of halogens is 2. The predicted molar refractivity (Wildman–Crippen MR) is 76.9 cm³/mol. The monoisotopic (exact) mass is 359 g/mol. The lowest BCUT2D eigenvalue weighted by Crippen LogP contribution is -2.23. The van der Waals surface area contributed by atoms with Gasteiger partial charge in [-0.15, -0.1) is 0 Å². The first-order valence-electron chi connectivity index (χ1n) is 5.73. The van der Waals surface area contributed by atoms with Gasteiger partial charge in [0.25, 0.3) is 0 Å². The van der Waals surface area contributed by atoms with Crippen LogP contribution in [0.25, 0.3) is 0 Å². The van der Waals surface area contributed by atoms with E-state index < -0.39 is 0 Å². The van der Waals surface area contributed by atoms with Gasteiger partial charge in [0, 0.05) is 15.4 Å². The molecule has 4 heteroatoms. The molecule has 1 atom stereocenters. The smallest absolute Gasteiger partial charge is 0.114 e. The molecule has 1 aromatic carbocycles. The summed E-state index contributed by atoms with van der Waals surface area (Å²) >= 11 is 7.12. The number of hydrogen-bond acceptors (Lipinski definition) is 2. The Morgan fingerprint density at radius 2 is 2.24 bits per heavy atom. The Morgan fingerprint density at radius 1 is 1.41 bits per heavy atom. The minimum atomic E-state index is 0.134. The van der Waals surface area contributed by atoms with E-state index in [1.807, 2.05) is 6.07 Å². The molecule has 17 heavy (non-hydrogen) atoms. The molecule has 0 aliphatic carbocycles. The van der Waals surface area contributed by atoms with Crippen molar-refractivity contribution in [3.63, 3.8) is 0 Å². The summed E-state index contributed by atoms with van der Waals surface area (Å²) in [4.78, 5) is 0. The molecule has 1 aliphatic heterocycles. The second kappa shape index (κ2) is 6.03. The maximum Gasteiger partial charge on any atom is 0.114 e. The first kappa shape index (κ1) is 13.1. The summed E-state index contributed by atoms with van der Waals surface area (Å²) in [5, 5.41) is 3.46. The minimum Gasteiger partial charge on any atom is -0.496 e.